The van der Waals surface area contributed by atoms with Crippen molar-refractivity contribution in [3.63, 3.8) is 0 Å². The van der Waals surface area contributed by atoms with Crippen LogP contribution in [-0.2, 0) is 0 Å². The van der Waals surface area contributed by atoms with Crippen LogP contribution in [-0.4, -0.2) is 36.4 Å². The number of ether oxygens (including phenoxy) is 3. The molecular weight excluding hydrogens is 202 g/mol. The predicted octanol–water partition coefficient (Wildman–Crippen LogP) is 0.560. The van der Waals surface area contributed by atoms with Crippen molar-refractivity contribution in [1.29, 1.82) is 0 Å². The average molecular weight is 211 g/mol. The smallest absolute Gasteiger partial charge is 0.339 e. The molecule has 1 aliphatic heterocycles. The van der Waals surface area contributed by atoms with Crippen molar-refractivity contribution in [2.24, 2.45) is 0 Å². The highest BCUT2D eigenvalue weighted by atomic mass is 16.6. The Morgan fingerprint density at radius 3 is 2.93 bits per heavy atom. The van der Waals surface area contributed by atoms with Crippen molar-refractivity contribution in [2.75, 3.05) is 20.3 Å². The summed E-state index contributed by atoms with van der Waals surface area (Å²) in [5.74, 6) is -0.582. The average Bonchev–Trinajstić information content (AvgIpc) is 2.27. The Labute approximate surface area is 85.4 Å². The molecule has 15 heavy (non-hydrogen) atoms. The van der Waals surface area contributed by atoms with Crippen LogP contribution in [0.3, 0.4) is 0 Å². The first-order valence-corrected chi connectivity index (χ1v) is 4.30. The van der Waals surface area contributed by atoms with Crippen molar-refractivity contribution in [2.45, 2.75) is 0 Å². The van der Waals surface area contributed by atoms with E-state index in [9.17, 15) is 4.79 Å². The van der Waals surface area contributed by atoms with Gasteiger partial charge in [0, 0.05) is 6.07 Å². The lowest BCUT2D eigenvalue weighted by Crippen LogP contribution is -2.19. The van der Waals surface area contributed by atoms with Gasteiger partial charge in [0.25, 0.3) is 5.88 Å². The quantitative estimate of drug-likeness (QED) is 0.770. The van der Waals surface area contributed by atoms with Crippen LogP contribution in [0.4, 0.5) is 0 Å². The molecule has 0 aliphatic carbocycles. The molecule has 0 amide bonds. The summed E-state index contributed by atoms with van der Waals surface area (Å²) in [6.07, 6.45) is 0. The molecule has 0 unspecified atom stereocenters. The predicted molar refractivity (Wildman–Crippen MR) is 48.7 cm³/mol. The Balaban J connectivity index is 2.55. The summed E-state index contributed by atoms with van der Waals surface area (Å²) in [5.41, 5.74) is -0.00319. The molecule has 2 rings (SSSR count). The summed E-state index contributed by atoms with van der Waals surface area (Å²) in [6, 6.07) is 1.30. The number of carbonyl (C=O) groups is 1. The van der Waals surface area contributed by atoms with Crippen LogP contribution in [0, 0.1) is 0 Å². The largest absolute Gasteiger partial charge is 0.484 e. The fourth-order valence-corrected chi connectivity index (χ4v) is 1.27. The summed E-state index contributed by atoms with van der Waals surface area (Å²) in [7, 11) is 1.41. The second kappa shape index (κ2) is 3.64. The minimum absolute atomic E-state index is 0.00319. The van der Waals surface area contributed by atoms with Crippen LogP contribution < -0.4 is 14.2 Å². The monoisotopic (exact) mass is 211 g/mol. The van der Waals surface area contributed by atoms with E-state index in [1.807, 2.05) is 0 Å². The molecule has 0 saturated carbocycles. The normalized spacial score (nSPS) is 13.4. The van der Waals surface area contributed by atoms with Crippen LogP contribution in [0.15, 0.2) is 6.07 Å². The Morgan fingerprint density at radius 2 is 2.27 bits per heavy atom. The van der Waals surface area contributed by atoms with E-state index in [0.717, 1.165) is 0 Å². The third kappa shape index (κ3) is 1.65. The second-order valence-electron chi connectivity index (χ2n) is 2.85. The molecule has 0 fully saturated rings. The maximum atomic E-state index is 10.9. The maximum absolute atomic E-state index is 10.9. The summed E-state index contributed by atoms with van der Waals surface area (Å²) in [5, 5.41) is 8.94. The van der Waals surface area contributed by atoms with E-state index in [4.69, 9.17) is 19.3 Å². The number of hydrogen-bond acceptors (Lipinski definition) is 5. The van der Waals surface area contributed by atoms with E-state index in [0.29, 0.717) is 13.2 Å². The van der Waals surface area contributed by atoms with Gasteiger partial charge in [-0.05, 0) is 0 Å². The number of pyridine rings is 1. The number of hydrogen-bond donors (Lipinski definition) is 1. The molecule has 6 nitrogen and oxygen atoms in total. The van der Waals surface area contributed by atoms with Gasteiger partial charge in [-0.2, -0.15) is 4.98 Å². The van der Waals surface area contributed by atoms with Crippen molar-refractivity contribution >= 4 is 5.97 Å². The summed E-state index contributed by atoms with van der Waals surface area (Å²) < 4.78 is 15.2. The van der Waals surface area contributed by atoms with E-state index in [2.05, 4.69) is 4.98 Å². The van der Waals surface area contributed by atoms with Crippen LogP contribution in [0.5, 0.6) is 17.5 Å². The lowest BCUT2D eigenvalue weighted by molar-refractivity contribution is 0.0684. The first kappa shape index (κ1) is 9.57. The molecule has 1 aliphatic rings. The zero-order valence-corrected chi connectivity index (χ0v) is 8.02. The third-order valence-corrected chi connectivity index (χ3v) is 1.93. The lowest BCUT2D eigenvalue weighted by atomic mass is 10.2. The Bertz CT molecular complexity index is 404. The fourth-order valence-electron chi connectivity index (χ4n) is 1.27. The van der Waals surface area contributed by atoms with Crippen molar-refractivity contribution < 1.29 is 24.1 Å². The molecule has 0 bridgehead atoms. The van der Waals surface area contributed by atoms with Crippen LogP contribution in [0.1, 0.15) is 10.4 Å². The highest BCUT2D eigenvalue weighted by molar-refractivity contribution is 5.92. The molecule has 1 aromatic heterocycles. The zero-order valence-electron chi connectivity index (χ0n) is 8.02. The number of carboxylic acid groups (broad SMARTS) is 1. The molecule has 80 valence electrons. The molecule has 0 spiro atoms. The number of aromatic nitrogens is 1. The number of methoxy groups -OCH3 is 1. The first-order chi connectivity index (χ1) is 7.22. The van der Waals surface area contributed by atoms with E-state index in [1.54, 1.807) is 0 Å². The van der Waals surface area contributed by atoms with E-state index < -0.39 is 5.97 Å². The maximum Gasteiger partial charge on any atom is 0.339 e. The Kier molecular flexibility index (Phi) is 2.32. The minimum atomic E-state index is -1.10. The molecule has 0 radical (unpaired) electrons. The van der Waals surface area contributed by atoms with E-state index >= 15 is 0 Å². The van der Waals surface area contributed by atoms with Crippen LogP contribution in [0.2, 0.25) is 0 Å². The van der Waals surface area contributed by atoms with Crippen molar-refractivity contribution in [3.05, 3.63) is 11.6 Å². The fraction of sp³-hybridized carbons (Fsp3) is 0.333. The van der Waals surface area contributed by atoms with Gasteiger partial charge >= 0.3 is 5.97 Å². The number of rotatable bonds is 2. The van der Waals surface area contributed by atoms with Gasteiger partial charge in [-0.1, -0.05) is 0 Å². The molecule has 1 aromatic rings. The van der Waals surface area contributed by atoms with Gasteiger partial charge < -0.3 is 19.3 Å². The molecule has 6 heteroatoms. The lowest BCUT2D eigenvalue weighted by Gasteiger charge is -2.19. The Hall–Kier alpha value is -1.98. The second-order valence-corrected chi connectivity index (χ2v) is 2.85. The zero-order chi connectivity index (χ0) is 10.8. The van der Waals surface area contributed by atoms with Gasteiger partial charge in [0.15, 0.2) is 5.75 Å². The third-order valence-electron chi connectivity index (χ3n) is 1.93. The van der Waals surface area contributed by atoms with Crippen molar-refractivity contribution in [1.82, 2.24) is 4.98 Å². The number of nitrogens with zero attached hydrogens (tertiary/aromatic N) is 1. The number of fused-ring (bicyclic) bond motifs is 1. The number of aromatic carboxylic acids is 1. The molecule has 1 N–H and O–H groups in total. The van der Waals surface area contributed by atoms with Gasteiger partial charge in [-0.15, -0.1) is 0 Å². The SMILES string of the molecule is COc1cc(C(=O)O)c2c(n1)OCCO2. The highest BCUT2D eigenvalue weighted by Gasteiger charge is 2.23. The van der Waals surface area contributed by atoms with Gasteiger partial charge in [0.1, 0.15) is 18.8 Å². The van der Waals surface area contributed by atoms with Gasteiger partial charge in [-0.3, -0.25) is 0 Å². The van der Waals surface area contributed by atoms with Crippen LogP contribution in [0.25, 0.3) is 0 Å². The highest BCUT2D eigenvalue weighted by Crippen LogP contribution is 2.34. The van der Waals surface area contributed by atoms with E-state index in [-0.39, 0.29) is 23.1 Å². The molecule has 2 heterocycles. The van der Waals surface area contributed by atoms with Crippen molar-refractivity contribution in [3.8, 4) is 17.5 Å². The molecular formula is C9H9NO5. The first-order valence-electron chi connectivity index (χ1n) is 4.30. The summed E-state index contributed by atoms with van der Waals surface area (Å²) in [4.78, 5) is 14.9. The van der Waals surface area contributed by atoms with Gasteiger partial charge in [0.2, 0.25) is 5.88 Å². The minimum Gasteiger partial charge on any atom is -0.484 e. The van der Waals surface area contributed by atoms with Gasteiger partial charge in [-0.25, -0.2) is 4.79 Å². The Morgan fingerprint density at radius 1 is 1.53 bits per heavy atom. The van der Waals surface area contributed by atoms with Crippen LogP contribution >= 0.6 is 0 Å². The summed E-state index contributed by atoms with van der Waals surface area (Å²) in [6.45, 7) is 0.674. The topological polar surface area (TPSA) is 77.9 Å². The number of carboxylic acids is 1. The van der Waals surface area contributed by atoms with E-state index in [1.165, 1.54) is 13.2 Å². The van der Waals surface area contributed by atoms with Gasteiger partial charge in [0.05, 0.1) is 7.11 Å². The molecule has 0 aromatic carbocycles. The summed E-state index contributed by atoms with van der Waals surface area (Å²) >= 11 is 0. The molecule has 0 atom stereocenters. The molecule has 0 saturated heterocycles. The standard InChI is InChI=1S/C9H9NO5/c1-13-6-4-5(9(11)12)7-8(10-6)15-3-2-14-7/h4H,2-3H2,1H3,(H,11,12).